The van der Waals surface area contributed by atoms with Crippen LogP contribution in [0.1, 0.15) is 18.4 Å². The first kappa shape index (κ1) is 21.9. The van der Waals surface area contributed by atoms with E-state index in [-0.39, 0.29) is 24.7 Å². The predicted molar refractivity (Wildman–Crippen MR) is 123 cm³/mol. The summed E-state index contributed by atoms with van der Waals surface area (Å²) in [5.41, 5.74) is -0.170. The molecule has 0 unspecified atom stereocenters. The average Bonchev–Trinajstić information content (AvgIpc) is 3.08. The first-order valence-electron chi connectivity index (χ1n) is 11.2. The van der Waals surface area contributed by atoms with Gasteiger partial charge in [-0.15, -0.1) is 0 Å². The van der Waals surface area contributed by atoms with Gasteiger partial charge in [-0.3, -0.25) is 19.3 Å². The highest BCUT2D eigenvalue weighted by Gasteiger charge is 2.53. The van der Waals surface area contributed by atoms with E-state index in [4.69, 9.17) is 0 Å². The van der Waals surface area contributed by atoms with Crippen molar-refractivity contribution in [2.75, 3.05) is 38.1 Å². The Bertz CT molecular complexity index is 1290. The van der Waals surface area contributed by atoms with Crippen molar-refractivity contribution < 1.29 is 18.8 Å². The monoisotopic (exact) mass is 461 g/mol. The summed E-state index contributed by atoms with van der Waals surface area (Å²) < 4.78 is 14.0. The second-order valence-electron chi connectivity index (χ2n) is 8.79. The van der Waals surface area contributed by atoms with Gasteiger partial charge in [0.2, 0.25) is 17.7 Å². The molecule has 2 saturated heterocycles. The number of carbonyl (C=O) groups excluding carboxylic acids is 3. The second kappa shape index (κ2) is 8.48. The lowest BCUT2D eigenvalue weighted by Crippen LogP contribution is -2.51. The van der Waals surface area contributed by atoms with Crippen LogP contribution in [0, 0.1) is 5.82 Å². The zero-order valence-corrected chi connectivity index (χ0v) is 18.8. The van der Waals surface area contributed by atoms with Gasteiger partial charge in [0, 0.05) is 51.5 Å². The number of likely N-dealkylation sites (tertiary alicyclic amines) is 1. The van der Waals surface area contributed by atoms with Crippen LogP contribution in [0.15, 0.2) is 54.9 Å². The summed E-state index contributed by atoms with van der Waals surface area (Å²) in [7, 11) is 1.40. The Kier molecular flexibility index (Phi) is 5.47. The molecule has 2 fully saturated rings. The summed E-state index contributed by atoms with van der Waals surface area (Å²) in [6.07, 6.45) is 1.21. The Morgan fingerprint density at radius 2 is 1.79 bits per heavy atom. The van der Waals surface area contributed by atoms with E-state index in [1.807, 2.05) is 24.3 Å². The van der Waals surface area contributed by atoms with E-state index in [9.17, 15) is 18.8 Å². The van der Waals surface area contributed by atoms with Crippen molar-refractivity contribution in [3.63, 3.8) is 0 Å². The molecule has 3 amide bonds. The number of rotatable bonds is 4. The van der Waals surface area contributed by atoms with E-state index < -0.39 is 17.1 Å². The molecule has 8 nitrogen and oxygen atoms in total. The number of anilines is 1. The number of fused-ring (bicyclic) bond motifs is 1. The fourth-order valence-corrected chi connectivity index (χ4v) is 4.92. The normalized spacial score (nSPS) is 20.9. The lowest BCUT2D eigenvalue weighted by molar-refractivity contribution is -0.141. The minimum atomic E-state index is -1.38. The highest BCUT2D eigenvalue weighted by atomic mass is 19.1. The van der Waals surface area contributed by atoms with Crippen LogP contribution in [-0.2, 0) is 19.8 Å². The molecule has 1 aromatic heterocycles. The molecule has 0 radical (unpaired) electrons. The predicted octanol–water partition coefficient (Wildman–Crippen LogP) is 2.13. The molecule has 34 heavy (non-hydrogen) atoms. The van der Waals surface area contributed by atoms with Gasteiger partial charge < -0.3 is 9.80 Å². The quantitative estimate of drug-likeness (QED) is 0.554. The molecule has 2 aliphatic rings. The molecule has 0 N–H and O–H groups in total. The number of benzene rings is 2. The molecule has 3 heterocycles. The molecule has 5 rings (SSSR count). The number of likely N-dealkylation sites (N-methyl/N-ethyl adjacent to an activating group) is 1. The summed E-state index contributed by atoms with van der Waals surface area (Å²) in [4.78, 5) is 52.5. The molecule has 1 atom stereocenters. The van der Waals surface area contributed by atoms with E-state index in [1.165, 1.54) is 31.6 Å². The maximum absolute atomic E-state index is 14.0. The summed E-state index contributed by atoms with van der Waals surface area (Å²) in [6, 6.07) is 13.4. The standard InChI is InChI=1S/C25H24FN5O3/c1-29-21(32)14-25(24(29)34,17-5-4-6-18(26)13-17)15-22(33)30-9-11-31(12-10-30)23-19-7-2-3-8-20(19)27-16-28-23/h2-8,13,16H,9-12,14-15H2,1H3/t25-/m1/s1. The first-order valence-corrected chi connectivity index (χ1v) is 11.2. The summed E-state index contributed by atoms with van der Waals surface area (Å²) in [6.45, 7) is 2.06. The van der Waals surface area contributed by atoms with Gasteiger partial charge in [0.1, 0.15) is 18.0 Å². The highest BCUT2D eigenvalue weighted by molar-refractivity contribution is 6.10. The molecule has 0 aliphatic carbocycles. The topological polar surface area (TPSA) is 86.7 Å². The third kappa shape index (κ3) is 3.67. The SMILES string of the molecule is CN1C(=O)C[C@@](CC(=O)N2CCN(c3ncnc4ccccc34)CC2)(c2cccc(F)c2)C1=O. The van der Waals surface area contributed by atoms with E-state index in [2.05, 4.69) is 14.9 Å². The van der Waals surface area contributed by atoms with Crippen LogP contribution < -0.4 is 4.90 Å². The van der Waals surface area contributed by atoms with Crippen LogP contribution in [0.4, 0.5) is 10.2 Å². The van der Waals surface area contributed by atoms with Gasteiger partial charge in [-0.25, -0.2) is 14.4 Å². The Morgan fingerprint density at radius 1 is 1.03 bits per heavy atom. The van der Waals surface area contributed by atoms with Gasteiger partial charge >= 0.3 is 0 Å². The molecule has 0 bridgehead atoms. The van der Waals surface area contributed by atoms with Gasteiger partial charge in [-0.2, -0.15) is 0 Å². The largest absolute Gasteiger partial charge is 0.352 e. The average molecular weight is 461 g/mol. The first-order chi connectivity index (χ1) is 16.4. The summed E-state index contributed by atoms with van der Waals surface area (Å²) >= 11 is 0. The maximum atomic E-state index is 14.0. The molecule has 3 aromatic rings. The number of para-hydroxylation sites is 1. The number of nitrogens with zero attached hydrogens (tertiary/aromatic N) is 5. The molecular weight excluding hydrogens is 437 g/mol. The Balaban J connectivity index is 1.35. The van der Waals surface area contributed by atoms with Crippen LogP contribution in [0.5, 0.6) is 0 Å². The molecule has 0 saturated carbocycles. The number of piperazine rings is 1. The van der Waals surface area contributed by atoms with Crippen molar-refractivity contribution in [3.05, 3.63) is 66.2 Å². The smallest absolute Gasteiger partial charge is 0.240 e. The minimum Gasteiger partial charge on any atom is -0.352 e. The lowest BCUT2D eigenvalue weighted by Gasteiger charge is -2.37. The number of hydrogen-bond acceptors (Lipinski definition) is 6. The highest BCUT2D eigenvalue weighted by Crippen LogP contribution is 2.40. The number of aromatic nitrogens is 2. The Labute approximate surface area is 196 Å². The van der Waals surface area contributed by atoms with Crippen molar-refractivity contribution in [3.8, 4) is 0 Å². The van der Waals surface area contributed by atoms with E-state index >= 15 is 0 Å². The number of hydrogen-bond donors (Lipinski definition) is 0. The summed E-state index contributed by atoms with van der Waals surface area (Å²) in [5.74, 6) is -0.755. The zero-order valence-electron chi connectivity index (χ0n) is 18.8. The third-order valence-corrected chi connectivity index (χ3v) is 6.83. The molecular formula is C25H24FN5O3. The number of amides is 3. The van der Waals surface area contributed by atoms with E-state index in [1.54, 1.807) is 11.0 Å². The van der Waals surface area contributed by atoms with Crippen molar-refractivity contribution >= 4 is 34.4 Å². The van der Waals surface area contributed by atoms with Gasteiger partial charge in [0.15, 0.2) is 0 Å². The van der Waals surface area contributed by atoms with Gasteiger partial charge in [0.25, 0.3) is 0 Å². The molecule has 2 aromatic carbocycles. The van der Waals surface area contributed by atoms with Crippen molar-refractivity contribution in [2.45, 2.75) is 18.3 Å². The Morgan fingerprint density at radius 3 is 2.50 bits per heavy atom. The van der Waals surface area contributed by atoms with Crippen molar-refractivity contribution in [1.82, 2.24) is 19.8 Å². The molecule has 174 valence electrons. The number of imide groups is 1. The fourth-order valence-electron chi connectivity index (χ4n) is 4.92. The molecule has 2 aliphatic heterocycles. The Hall–Kier alpha value is -3.88. The van der Waals surface area contributed by atoms with Crippen LogP contribution in [0.2, 0.25) is 0 Å². The van der Waals surface area contributed by atoms with Gasteiger partial charge in [-0.1, -0.05) is 24.3 Å². The third-order valence-electron chi connectivity index (χ3n) is 6.83. The lowest BCUT2D eigenvalue weighted by atomic mass is 9.75. The summed E-state index contributed by atoms with van der Waals surface area (Å²) in [5, 5.41) is 0.952. The molecule has 9 heteroatoms. The van der Waals surface area contributed by atoms with Crippen LogP contribution >= 0.6 is 0 Å². The second-order valence-corrected chi connectivity index (χ2v) is 8.79. The fraction of sp³-hybridized carbons (Fsp3) is 0.320. The van der Waals surface area contributed by atoms with Crippen molar-refractivity contribution in [2.24, 2.45) is 0 Å². The van der Waals surface area contributed by atoms with Gasteiger partial charge in [-0.05, 0) is 29.8 Å². The number of carbonyl (C=O) groups is 3. The minimum absolute atomic E-state index is 0.148. The van der Waals surface area contributed by atoms with Gasteiger partial charge in [0.05, 0.1) is 10.9 Å². The van der Waals surface area contributed by atoms with Crippen LogP contribution in [0.3, 0.4) is 0 Å². The van der Waals surface area contributed by atoms with E-state index in [0.29, 0.717) is 31.7 Å². The zero-order chi connectivity index (χ0) is 23.9. The van der Waals surface area contributed by atoms with Crippen LogP contribution in [-0.4, -0.2) is 70.7 Å². The van der Waals surface area contributed by atoms with E-state index in [0.717, 1.165) is 21.6 Å². The molecule has 0 spiro atoms. The van der Waals surface area contributed by atoms with Crippen LogP contribution in [0.25, 0.3) is 10.9 Å². The number of halogens is 1. The van der Waals surface area contributed by atoms with Crippen molar-refractivity contribution in [1.29, 1.82) is 0 Å². The maximum Gasteiger partial charge on any atom is 0.240 e.